The lowest BCUT2D eigenvalue weighted by Gasteiger charge is -2.00. The number of hydrogen-bond donors (Lipinski definition) is 1. The third-order valence-corrected chi connectivity index (χ3v) is 2.54. The predicted octanol–water partition coefficient (Wildman–Crippen LogP) is 3.63. The molecule has 19 heavy (non-hydrogen) atoms. The Morgan fingerprint density at radius 3 is 2.63 bits per heavy atom. The van der Waals surface area contributed by atoms with E-state index >= 15 is 0 Å². The summed E-state index contributed by atoms with van der Waals surface area (Å²) in [5.41, 5.74) is 0.546. The average molecular weight is 259 g/mol. The molecule has 0 unspecified atom stereocenters. The van der Waals surface area contributed by atoms with Gasteiger partial charge in [-0.25, -0.2) is 4.39 Å². The summed E-state index contributed by atoms with van der Waals surface area (Å²) in [5, 5.41) is 2.63. The quantitative estimate of drug-likeness (QED) is 0.852. The molecule has 1 N–H and O–H groups in total. The van der Waals surface area contributed by atoms with Crippen LogP contribution < -0.4 is 5.32 Å². The van der Waals surface area contributed by atoms with Gasteiger partial charge in [0.2, 0.25) is 5.91 Å². The first kappa shape index (κ1) is 13.1. The molecular formula is C15H14FNO2. The topological polar surface area (TPSA) is 42.2 Å². The van der Waals surface area contributed by atoms with Crippen LogP contribution in [-0.4, -0.2) is 5.91 Å². The molecular weight excluding hydrogens is 245 g/mol. The second-order valence-corrected chi connectivity index (χ2v) is 3.99. The highest BCUT2D eigenvalue weighted by atomic mass is 19.1. The van der Waals surface area contributed by atoms with Gasteiger partial charge in [0.15, 0.2) is 0 Å². The molecule has 2 rings (SSSR count). The summed E-state index contributed by atoms with van der Waals surface area (Å²) in [5.74, 6) is 0.877. The van der Waals surface area contributed by atoms with Crippen molar-refractivity contribution in [2.75, 3.05) is 5.32 Å². The van der Waals surface area contributed by atoms with Crippen molar-refractivity contribution in [3.05, 3.63) is 59.8 Å². The number of nitrogens with one attached hydrogen (secondary N) is 1. The van der Waals surface area contributed by atoms with E-state index in [-0.39, 0.29) is 11.7 Å². The van der Waals surface area contributed by atoms with Crippen LogP contribution in [-0.2, 0) is 11.2 Å². The van der Waals surface area contributed by atoms with E-state index in [9.17, 15) is 9.18 Å². The molecule has 0 fully saturated rings. The summed E-state index contributed by atoms with van der Waals surface area (Å²) in [6.45, 7) is 1.99. The Morgan fingerprint density at radius 1 is 1.26 bits per heavy atom. The smallest absolute Gasteiger partial charge is 0.248 e. The Hall–Kier alpha value is -2.36. The fourth-order valence-electron chi connectivity index (χ4n) is 1.55. The number of aryl methyl sites for hydroxylation is 1. The van der Waals surface area contributed by atoms with Crippen LogP contribution in [0.15, 0.2) is 46.9 Å². The van der Waals surface area contributed by atoms with Gasteiger partial charge in [-0.2, -0.15) is 0 Å². The Bertz CT molecular complexity index is 584. The number of rotatable bonds is 4. The van der Waals surface area contributed by atoms with Crippen molar-refractivity contribution in [2.45, 2.75) is 13.3 Å². The van der Waals surface area contributed by atoms with Crippen molar-refractivity contribution in [3.63, 3.8) is 0 Å². The summed E-state index contributed by atoms with van der Waals surface area (Å²) in [6, 6.07) is 9.27. The Morgan fingerprint density at radius 2 is 2.00 bits per heavy atom. The molecule has 1 amide bonds. The first-order valence-corrected chi connectivity index (χ1v) is 6.00. The summed E-state index contributed by atoms with van der Waals surface area (Å²) in [7, 11) is 0. The summed E-state index contributed by atoms with van der Waals surface area (Å²) >= 11 is 0. The first-order valence-electron chi connectivity index (χ1n) is 6.00. The number of furan rings is 1. The van der Waals surface area contributed by atoms with Crippen molar-refractivity contribution in [3.8, 4) is 0 Å². The Kier molecular flexibility index (Phi) is 4.13. The lowest BCUT2D eigenvalue weighted by atomic mass is 10.3. The van der Waals surface area contributed by atoms with Gasteiger partial charge in [0.1, 0.15) is 17.3 Å². The first-order chi connectivity index (χ1) is 9.17. The zero-order valence-corrected chi connectivity index (χ0v) is 10.5. The zero-order valence-electron chi connectivity index (χ0n) is 10.5. The number of benzene rings is 1. The van der Waals surface area contributed by atoms with Crippen LogP contribution >= 0.6 is 0 Å². The van der Waals surface area contributed by atoms with Gasteiger partial charge in [-0.3, -0.25) is 4.79 Å². The van der Waals surface area contributed by atoms with E-state index in [2.05, 4.69) is 5.32 Å². The Balaban J connectivity index is 1.95. The molecule has 0 saturated carbocycles. The molecule has 0 aliphatic heterocycles. The molecule has 0 saturated heterocycles. The maximum absolute atomic E-state index is 12.7. The van der Waals surface area contributed by atoms with Crippen molar-refractivity contribution in [2.24, 2.45) is 0 Å². The van der Waals surface area contributed by atoms with Crippen LogP contribution in [0.4, 0.5) is 10.1 Å². The normalized spacial score (nSPS) is 10.8. The number of hydrogen-bond acceptors (Lipinski definition) is 2. The van der Waals surface area contributed by atoms with Gasteiger partial charge in [0, 0.05) is 18.2 Å². The van der Waals surface area contributed by atoms with Crippen molar-refractivity contribution in [1.82, 2.24) is 0 Å². The molecule has 1 heterocycles. The lowest BCUT2D eigenvalue weighted by molar-refractivity contribution is -0.111. The highest BCUT2D eigenvalue weighted by Gasteiger charge is 2.00. The van der Waals surface area contributed by atoms with E-state index in [1.54, 1.807) is 12.1 Å². The third-order valence-electron chi connectivity index (χ3n) is 2.54. The second-order valence-electron chi connectivity index (χ2n) is 3.99. The average Bonchev–Trinajstić information content (AvgIpc) is 2.87. The van der Waals surface area contributed by atoms with Crippen molar-refractivity contribution < 1.29 is 13.6 Å². The predicted molar refractivity (Wildman–Crippen MR) is 72.1 cm³/mol. The van der Waals surface area contributed by atoms with Gasteiger partial charge in [-0.1, -0.05) is 6.92 Å². The molecule has 0 spiro atoms. The van der Waals surface area contributed by atoms with Crippen LogP contribution in [0, 0.1) is 5.82 Å². The number of amides is 1. The minimum absolute atomic E-state index is 0.291. The summed E-state index contributed by atoms with van der Waals surface area (Å²) in [4.78, 5) is 11.6. The van der Waals surface area contributed by atoms with Gasteiger partial charge in [0.25, 0.3) is 0 Å². The van der Waals surface area contributed by atoms with E-state index in [0.717, 1.165) is 12.2 Å². The molecule has 0 atom stereocenters. The fraction of sp³-hybridized carbons (Fsp3) is 0.133. The summed E-state index contributed by atoms with van der Waals surface area (Å²) < 4.78 is 18.1. The standard InChI is InChI=1S/C15H14FNO2/c1-2-13-7-8-14(19-13)9-10-15(18)17-12-5-3-11(16)4-6-12/h3-10H,2H2,1H3,(H,17,18). The number of halogens is 1. The molecule has 3 nitrogen and oxygen atoms in total. The monoisotopic (exact) mass is 259 g/mol. The van der Waals surface area contributed by atoms with E-state index in [4.69, 9.17) is 4.42 Å². The van der Waals surface area contributed by atoms with Crippen molar-refractivity contribution >= 4 is 17.7 Å². The highest BCUT2D eigenvalue weighted by Crippen LogP contribution is 2.11. The van der Waals surface area contributed by atoms with Gasteiger partial charge in [-0.15, -0.1) is 0 Å². The zero-order chi connectivity index (χ0) is 13.7. The lowest BCUT2D eigenvalue weighted by Crippen LogP contribution is -2.07. The van der Waals surface area contributed by atoms with Crippen LogP contribution in [0.5, 0.6) is 0 Å². The molecule has 98 valence electrons. The minimum atomic E-state index is -0.337. The number of anilines is 1. The molecule has 2 aromatic rings. The largest absolute Gasteiger partial charge is 0.462 e. The van der Waals surface area contributed by atoms with Gasteiger partial charge in [-0.05, 0) is 42.5 Å². The van der Waals surface area contributed by atoms with Crippen LogP contribution in [0.1, 0.15) is 18.4 Å². The molecule has 0 bridgehead atoms. The highest BCUT2D eigenvalue weighted by molar-refractivity contribution is 6.01. The van der Waals surface area contributed by atoms with E-state index in [1.165, 1.54) is 30.3 Å². The molecule has 0 radical (unpaired) electrons. The third kappa shape index (κ3) is 3.81. The summed E-state index contributed by atoms with van der Waals surface area (Å²) in [6.07, 6.45) is 3.79. The van der Waals surface area contributed by atoms with Gasteiger partial charge in [0.05, 0.1) is 0 Å². The van der Waals surface area contributed by atoms with Crippen LogP contribution in [0.3, 0.4) is 0 Å². The van der Waals surface area contributed by atoms with Crippen LogP contribution in [0.25, 0.3) is 6.08 Å². The number of carbonyl (C=O) groups is 1. The maximum atomic E-state index is 12.7. The Labute approximate surface area is 110 Å². The van der Waals surface area contributed by atoms with E-state index in [1.807, 2.05) is 13.0 Å². The molecule has 1 aromatic carbocycles. The SMILES string of the molecule is CCc1ccc(C=CC(=O)Nc2ccc(F)cc2)o1. The van der Waals surface area contributed by atoms with Crippen molar-refractivity contribution in [1.29, 1.82) is 0 Å². The van der Waals surface area contributed by atoms with Gasteiger partial charge >= 0.3 is 0 Å². The second kappa shape index (κ2) is 6.00. The molecule has 4 heteroatoms. The maximum Gasteiger partial charge on any atom is 0.248 e. The van der Waals surface area contributed by atoms with Crippen LogP contribution in [0.2, 0.25) is 0 Å². The minimum Gasteiger partial charge on any atom is -0.462 e. The number of carbonyl (C=O) groups excluding carboxylic acids is 1. The molecule has 0 aliphatic carbocycles. The van der Waals surface area contributed by atoms with Gasteiger partial charge < -0.3 is 9.73 Å². The fourth-order valence-corrected chi connectivity index (χ4v) is 1.55. The molecule has 1 aromatic heterocycles. The van der Waals surface area contributed by atoms with E-state index in [0.29, 0.717) is 11.4 Å². The van der Waals surface area contributed by atoms with E-state index < -0.39 is 0 Å². The molecule has 0 aliphatic rings.